The number of carboxylic acids is 1. The molecule has 0 atom stereocenters. The number of fused-ring (bicyclic) bond motifs is 1. The molecular formula is C25H23N3O4S3. The Bertz CT molecular complexity index is 1390. The molecule has 1 saturated heterocycles. The van der Waals surface area contributed by atoms with Crippen molar-refractivity contribution in [3.63, 3.8) is 0 Å². The predicted molar refractivity (Wildman–Crippen MR) is 143 cm³/mol. The second kappa shape index (κ2) is 11.2. The number of thiocarbonyl (C=S) groups is 1. The van der Waals surface area contributed by atoms with Gasteiger partial charge < -0.3 is 5.11 Å². The van der Waals surface area contributed by atoms with Crippen molar-refractivity contribution in [2.75, 3.05) is 6.54 Å². The number of carboxylic acid groups (broad SMARTS) is 1. The van der Waals surface area contributed by atoms with Crippen LogP contribution in [0, 0.1) is 6.92 Å². The Morgan fingerprint density at radius 2 is 1.91 bits per heavy atom. The van der Waals surface area contributed by atoms with Crippen LogP contribution in [-0.4, -0.2) is 42.1 Å². The van der Waals surface area contributed by atoms with E-state index in [1.165, 1.54) is 32.8 Å². The molecule has 0 bridgehead atoms. The average Bonchev–Trinajstić information content (AvgIpc) is 3.09. The van der Waals surface area contributed by atoms with Gasteiger partial charge in [-0.1, -0.05) is 66.4 Å². The summed E-state index contributed by atoms with van der Waals surface area (Å²) in [5.41, 5.74) is 1.54. The molecule has 0 unspecified atom stereocenters. The number of thioether (sulfide) groups is 1. The monoisotopic (exact) mass is 525 g/mol. The molecule has 2 aromatic heterocycles. The van der Waals surface area contributed by atoms with Crippen molar-refractivity contribution in [1.29, 1.82) is 0 Å². The van der Waals surface area contributed by atoms with Crippen LogP contribution in [0.15, 0.2) is 68.3 Å². The van der Waals surface area contributed by atoms with Crippen LogP contribution in [0.2, 0.25) is 0 Å². The first-order valence-electron chi connectivity index (χ1n) is 11.1. The van der Waals surface area contributed by atoms with Gasteiger partial charge in [0, 0.05) is 24.1 Å². The van der Waals surface area contributed by atoms with Crippen molar-refractivity contribution in [1.82, 2.24) is 14.3 Å². The number of aliphatic carboxylic acids is 1. The average molecular weight is 526 g/mol. The molecule has 1 aliphatic rings. The van der Waals surface area contributed by atoms with Crippen LogP contribution in [0.3, 0.4) is 0 Å². The lowest BCUT2D eigenvalue weighted by atomic mass is 10.2. The number of aryl methyl sites for hydroxylation is 1. The summed E-state index contributed by atoms with van der Waals surface area (Å²) >= 11 is 7.96. The Kier molecular flexibility index (Phi) is 8.04. The molecule has 0 saturated carbocycles. The molecular weight excluding hydrogens is 502 g/mol. The van der Waals surface area contributed by atoms with E-state index in [9.17, 15) is 14.4 Å². The maximum atomic E-state index is 13.5. The third-order valence-electron chi connectivity index (χ3n) is 5.35. The number of amides is 1. The molecule has 180 valence electrons. The zero-order valence-electron chi connectivity index (χ0n) is 19.0. The first kappa shape index (κ1) is 25.2. The largest absolute Gasteiger partial charge is 0.481 e. The molecule has 3 heterocycles. The normalized spacial score (nSPS) is 14.9. The Morgan fingerprint density at radius 3 is 2.66 bits per heavy atom. The Morgan fingerprint density at radius 1 is 1.14 bits per heavy atom. The van der Waals surface area contributed by atoms with Crippen molar-refractivity contribution in [2.24, 2.45) is 0 Å². The van der Waals surface area contributed by atoms with Crippen LogP contribution in [-0.2, 0) is 9.59 Å². The van der Waals surface area contributed by atoms with Gasteiger partial charge in [0.25, 0.3) is 11.5 Å². The van der Waals surface area contributed by atoms with Gasteiger partial charge in [-0.05, 0) is 49.6 Å². The summed E-state index contributed by atoms with van der Waals surface area (Å²) in [6, 6.07) is 13.3. The summed E-state index contributed by atoms with van der Waals surface area (Å²) < 4.78 is 1.93. The van der Waals surface area contributed by atoms with Crippen molar-refractivity contribution >= 4 is 63.7 Å². The van der Waals surface area contributed by atoms with Gasteiger partial charge in [0.1, 0.15) is 15.0 Å². The third kappa shape index (κ3) is 6.01. The van der Waals surface area contributed by atoms with Gasteiger partial charge in [0.15, 0.2) is 0 Å². The van der Waals surface area contributed by atoms with E-state index in [0.29, 0.717) is 51.3 Å². The molecule has 7 nitrogen and oxygen atoms in total. The molecule has 1 N–H and O–H groups in total. The highest BCUT2D eigenvalue weighted by atomic mass is 32.2. The molecule has 0 aliphatic carbocycles. The second-order valence-corrected chi connectivity index (χ2v) is 10.8. The number of hydrogen-bond acceptors (Lipinski definition) is 7. The van der Waals surface area contributed by atoms with E-state index in [0.717, 1.165) is 10.5 Å². The lowest BCUT2D eigenvalue weighted by Crippen LogP contribution is -2.29. The molecule has 1 amide bonds. The van der Waals surface area contributed by atoms with E-state index >= 15 is 0 Å². The molecule has 4 rings (SSSR count). The number of carbonyl (C=O) groups excluding carboxylic acids is 1. The quantitative estimate of drug-likeness (QED) is 0.181. The standard InChI is InChI=1S/C25H23N3O4S3/c1-16-11-12-20-26-22(34-17-8-4-2-5-9-17)18(23(31)28(20)15-16)14-19-24(32)27(25(33)35-19)13-7-3-6-10-21(29)30/h2,4-5,8-9,11-12,14-15H,3,6-7,10,13H2,1H3,(H,29,30). The van der Waals surface area contributed by atoms with Crippen LogP contribution in [0.1, 0.15) is 36.8 Å². The van der Waals surface area contributed by atoms with Gasteiger partial charge in [-0.25, -0.2) is 4.98 Å². The van der Waals surface area contributed by atoms with Crippen molar-refractivity contribution in [3.05, 3.63) is 75.0 Å². The fourth-order valence-corrected chi connectivity index (χ4v) is 5.79. The Labute approximate surface area is 216 Å². The number of carbonyl (C=O) groups is 2. The van der Waals surface area contributed by atoms with Crippen LogP contribution >= 0.6 is 35.7 Å². The minimum atomic E-state index is -0.826. The topological polar surface area (TPSA) is 92.0 Å². The summed E-state index contributed by atoms with van der Waals surface area (Å²) in [7, 11) is 0. The lowest BCUT2D eigenvalue weighted by molar-refractivity contribution is -0.137. The summed E-state index contributed by atoms with van der Waals surface area (Å²) in [5.74, 6) is -1.07. The maximum absolute atomic E-state index is 13.5. The number of rotatable bonds is 9. The Balaban J connectivity index is 1.65. The van der Waals surface area contributed by atoms with Crippen molar-refractivity contribution in [2.45, 2.75) is 42.5 Å². The number of unbranched alkanes of at least 4 members (excludes halogenated alkanes) is 2. The molecule has 1 aliphatic heterocycles. The first-order chi connectivity index (χ1) is 16.8. The number of aromatic nitrogens is 2. The highest BCUT2D eigenvalue weighted by Crippen LogP contribution is 2.35. The zero-order valence-corrected chi connectivity index (χ0v) is 21.4. The highest BCUT2D eigenvalue weighted by Gasteiger charge is 2.32. The summed E-state index contributed by atoms with van der Waals surface area (Å²) in [4.78, 5) is 44.8. The SMILES string of the molecule is Cc1ccc2nc(Sc3ccccc3)c(C=C3SC(=S)N(CCCCCC(=O)O)C3=O)c(=O)n2c1. The van der Waals surface area contributed by atoms with Crippen LogP contribution < -0.4 is 5.56 Å². The molecule has 3 aromatic rings. The molecule has 1 fully saturated rings. The van der Waals surface area contributed by atoms with E-state index in [2.05, 4.69) is 0 Å². The molecule has 0 spiro atoms. The highest BCUT2D eigenvalue weighted by molar-refractivity contribution is 8.26. The third-order valence-corrected chi connectivity index (χ3v) is 7.74. The zero-order chi connectivity index (χ0) is 24.9. The van der Waals surface area contributed by atoms with Gasteiger partial charge in [0.2, 0.25) is 0 Å². The van der Waals surface area contributed by atoms with Crippen LogP contribution in [0.4, 0.5) is 0 Å². The molecule has 10 heteroatoms. The summed E-state index contributed by atoms with van der Waals surface area (Å²) in [5, 5.41) is 9.29. The summed E-state index contributed by atoms with van der Waals surface area (Å²) in [6.45, 7) is 2.32. The van der Waals surface area contributed by atoms with E-state index in [-0.39, 0.29) is 17.9 Å². The van der Waals surface area contributed by atoms with Gasteiger partial charge in [-0.15, -0.1) is 0 Å². The fourth-order valence-electron chi connectivity index (χ4n) is 3.59. The lowest BCUT2D eigenvalue weighted by Gasteiger charge is -2.13. The van der Waals surface area contributed by atoms with E-state index in [4.69, 9.17) is 22.3 Å². The second-order valence-electron chi connectivity index (χ2n) is 8.02. The number of benzene rings is 1. The van der Waals surface area contributed by atoms with Gasteiger partial charge in [0.05, 0.1) is 10.5 Å². The number of nitrogens with zero attached hydrogens (tertiary/aromatic N) is 3. The molecule has 1 aromatic carbocycles. The van der Waals surface area contributed by atoms with Gasteiger partial charge in [-0.3, -0.25) is 23.7 Å². The first-order valence-corrected chi connectivity index (χ1v) is 13.1. The van der Waals surface area contributed by atoms with Gasteiger partial charge >= 0.3 is 5.97 Å². The minimum absolute atomic E-state index is 0.110. The smallest absolute Gasteiger partial charge is 0.303 e. The predicted octanol–water partition coefficient (Wildman–Crippen LogP) is 5.00. The Hall–Kier alpha value is -2.95. The van der Waals surface area contributed by atoms with Crippen LogP contribution in [0.5, 0.6) is 0 Å². The molecule has 0 radical (unpaired) electrons. The summed E-state index contributed by atoms with van der Waals surface area (Å²) in [6.07, 6.45) is 5.34. The fraction of sp³-hybridized carbons (Fsp3) is 0.240. The maximum Gasteiger partial charge on any atom is 0.303 e. The van der Waals surface area contributed by atoms with Crippen LogP contribution in [0.25, 0.3) is 11.7 Å². The van der Waals surface area contributed by atoms with Crippen molar-refractivity contribution in [3.8, 4) is 0 Å². The van der Waals surface area contributed by atoms with Crippen molar-refractivity contribution < 1.29 is 14.7 Å². The van der Waals surface area contributed by atoms with E-state index < -0.39 is 5.97 Å². The van der Waals surface area contributed by atoms with E-state index in [1.807, 2.05) is 43.3 Å². The minimum Gasteiger partial charge on any atom is -0.481 e. The number of pyridine rings is 1. The van der Waals surface area contributed by atoms with Gasteiger partial charge in [-0.2, -0.15) is 0 Å². The van der Waals surface area contributed by atoms with E-state index in [1.54, 1.807) is 18.3 Å². The molecule has 35 heavy (non-hydrogen) atoms. The number of hydrogen-bond donors (Lipinski definition) is 1.